The van der Waals surface area contributed by atoms with E-state index in [1.54, 1.807) is 6.07 Å². The van der Waals surface area contributed by atoms with Crippen molar-refractivity contribution in [2.75, 3.05) is 26.7 Å². The van der Waals surface area contributed by atoms with Crippen LogP contribution in [0.3, 0.4) is 0 Å². The molecule has 0 spiro atoms. The molecule has 0 aromatic carbocycles. The van der Waals surface area contributed by atoms with Crippen LogP contribution in [0, 0.1) is 12.8 Å². The Kier molecular flexibility index (Phi) is 6.79. The zero-order valence-electron chi connectivity index (χ0n) is 12.3. The van der Waals surface area contributed by atoms with E-state index < -0.39 is 0 Å². The summed E-state index contributed by atoms with van der Waals surface area (Å²) in [6.45, 7) is 5.39. The lowest BCUT2D eigenvalue weighted by molar-refractivity contribution is -0.124. The molecule has 1 unspecified atom stereocenters. The third-order valence-corrected chi connectivity index (χ3v) is 2.96. The van der Waals surface area contributed by atoms with E-state index >= 15 is 0 Å². The first kappa shape index (κ1) is 16.2. The van der Waals surface area contributed by atoms with Crippen molar-refractivity contribution in [3.05, 3.63) is 23.7 Å². The van der Waals surface area contributed by atoms with Gasteiger partial charge in [0.25, 0.3) is 5.91 Å². The van der Waals surface area contributed by atoms with E-state index in [1.807, 2.05) is 20.9 Å². The van der Waals surface area contributed by atoms with Crippen molar-refractivity contribution in [1.82, 2.24) is 16.0 Å². The Balaban J connectivity index is 2.15. The van der Waals surface area contributed by atoms with Crippen LogP contribution in [0.4, 0.5) is 0 Å². The highest BCUT2D eigenvalue weighted by atomic mass is 16.3. The van der Waals surface area contributed by atoms with Gasteiger partial charge >= 0.3 is 0 Å². The van der Waals surface area contributed by atoms with Gasteiger partial charge < -0.3 is 20.4 Å². The molecular weight excluding hydrogens is 258 g/mol. The van der Waals surface area contributed by atoms with Gasteiger partial charge in [-0.15, -0.1) is 0 Å². The van der Waals surface area contributed by atoms with Gasteiger partial charge in [-0.3, -0.25) is 9.59 Å². The minimum atomic E-state index is -0.220. The molecule has 0 aliphatic carbocycles. The zero-order chi connectivity index (χ0) is 15.0. The number of hydrogen-bond acceptors (Lipinski definition) is 4. The van der Waals surface area contributed by atoms with Gasteiger partial charge in [0.2, 0.25) is 5.91 Å². The lowest BCUT2D eigenvalue weighted by Gasteiger charge is -2.11. The van der Waals surface area contributed by atoms with E-state index in [0.717, 1.165) is 5.56 Å². The Morgan fingerprint density at radius 3 is 2.60 bits per heavy atom. The second kappa shape index (κ2) is 8.37. The highest BCUT2D eigenvalue weighted by Gasteiger charge is 2.12. The molecule has 6 nitrogen and oxygen atoms in total. The van der Waals surface area contributed by atoms with Crippen LogP contribution >= 0.6 is 0 Å². The van der Waals surface area contributed by atoms with Crippen molar-refractivity contribution < 1.29 is 14.0 Å². The number of hydrogen-bond donors (Lipinski definition) is 3. The van der Waals surface area contributed by atoms with Crippen LogP contribution in [0.15, 0.2) is 16.7 Å². The molecule has 112 valence electrons. The van der Waals surface area contributed by atoms with E-state index in [-0.39, 0.29) is 17.7 Å². The van der Waals surface area contributed by atoms with Gasteiger partial charge in [0.1, 0.15) is 0 Å². The van der Waals surface area contributed by atoms with Crippen LogP contribution in [-0.2, 0) is 4.79 Å². The largest absolute Gasteiger partial charge is 0.459 e. The molecule has 0 saturated heterocycles. The summed E-state index contributed by atoms with van der Waals surface area (Å²) < 4.78 is 5.09. The van der Waals surface area contributed by atoms with Crippen LogP contribution in [0.25, 0.3) is 0 Å². The maximum absolute atomic E-state index is 11.7. The topological polar surface area (TPSA) is 83.4 Å². The summed E-state index contributed by atoms with van der Waals surface area (Å²) in [6.07, 6.45) is 2.18. The van der Waals surface area contributed by atoms with Gasteiger partial charge in [-0.05, 0) is 26.5 Å². The molecular formula is C14H23N3O3. The minimum Gasteiger partial charge on any atom is -0.459 e. The number of amides is 2. The lowest BCUT2D eigenvalue weighted by Crippen LogP contribution is -2.36. The normalized spacial score (nSPS) is 11.9. The Labute approximate surface area is 119 Å². The third kappa shape index (κ3) is 5.05. The van der Waals surface area contributed by atoms with Crippen molar-refractivity contribution in [3.8, 4) is 0 Å². The molecule has 1 atom stereocenters. The van der Waals surface area contributed by atoms with Crippen molar-refractivity contribution in [1.29, 1.82) is 0 Å². The van der Waals surface area contributed by atoms with Gasteiger partial charge in [-0.2, -0.15) is 0 Å². The highest BCUT2D eigenvalue weighted by molar-refractivity contribution is 5.92. The number of aryl methyl sites for hydroxylation is 1. The fourth-order valence-corrected chi connectivity index (χ4v) is 1.76. The maximum Gasteiger partial charge on any atom is 0.287 e. The second-order valence-electron chi connectivity index (χ2n) is 4.79. The van der Waals surface area contributed by atoms with Gasteiger partial charge in [0.15, 0.2) is 5.76 Å². The van der Waals surface area contributed by atoms with E-state index in [4.69, 9.17) is 4.42 Å². The quantitative estimate of drug-likeness (QED) is 0.612. The molecule has 6 heteroatoms. The molecule has 3 N–H and O–H groups in total. The van der Waals surface area contributed by atoms with Gasteiger partial charge in [-0.1, -0.05) is 6.92 Å². The smallest absolute Gasteiger partial charge is 0.287 e. The molecule has 1 aromatic rings. The number of rotatable bonds is 8. The first-order valence-electron chi connectivity index (χ1n) is 6.81. The average molecular weight is 281 g/mol. The monoisotopic (exact) mass is 281 g/mol. The van der Waals surface area contributed by atoms with E-state index in [2.05, 4.69) is 16.0 Å². The predicted octanol–water partition coefficient (Wildman–Crippen LogP) is 0.680. The molecule has 0 fully saturated rings. The molecule has 0 saturated carbocycles. The minimum absolute atomic E-state index is 0.0209. The van der Waals surface area contributed by atoms with Crippen molar-refractivity contribution in [2.24, 2.45) is 5.92 Å². The average Bonchev–Trinajstić information content (AvgIpc) is 2.84. The summed E-state index contributed by atoms with van der Waals surface area (Å²) in [5, 5.41) is 8.55. The Bertz CT molecular complexity index is 443. The fraction of sp³-hybridized carbons (Fsp3) is 0.571. The summed E-state index contributed by atoms with van der Waals surface area (Å²) >= 11 is 0. The maximum atomic E-state index is 11.7. The molecule has 20 heavy (non-hydrogen) atoms. The molecule has 0 bridgehead atoms. The molecule has 1 heterocycles. The first-order valence-corrected chi connectivity index (χ1v) is 6.81. The molecule has 0 aliphatic heterocycles. The predicted molar refractivity (Wildman–Crippen MR) is 76.5 cm³/mol. The van der Waals surface area contributed by atoms with Crippen molar-refractivity contribution >= 4 is 11.8 Å². The first-order chi connectivity index (χ1) is 9.56. The number of furan rings is 1. The fourth-order valence-electron chi connectivity index (χ4n) is 1.76. The molecule has 0 radical (unpaired) electrons. The molecule has 1 rings (SSSR count). The third-order valence-electron chi connectivity index (χ3n) is 2.96. The SMILES string of the molecule is CNCC(C)C(=O)NCCCNC(=O)c1occc1C. The van der Waals surface area contributed by atoms with Crippen LogP contribution < -0.4 is 16.0 Å². The Morgan fingerprint density at radius 1 is 1.30 bits per heavy atom. The standard InChI is InChI=1S/C14H23N3O3/c1-10-5-8-20-12(10)14(19)17-7-4-6-16-13(18)11(2)9-15-3/h5,8,11,15H,4,6-7,9H2,1-3H3,(H,16,18)(H,17,19). The van der Waals surface area contributed by atoms with Crippen LogP contribution in [0.2, 0.25) is 0 Å². The second-order valence-corrected chi connectivity index (χ2v) is 4.79. The zero-order valence-corrected chi connectivity index (χ0v) is 12.3. The summed E-state index contributed by atoms with van der Waals surface area (Å²) in [7, 11) is 1.82. The number of nitrogens with one attached hydrogen (secondary N) is 3. The Hall–Kier alpha value is -1.82. The number of carbonyl (C=O) groups excluding carboxylic acids is 2. The van der Waals surface area contributed by atoms with Crippen LogP contribution in [0.1, 0.15) is 29.5 Å². The van der Waals surface area contributed by atoms with E-state index in [9.17, 15) is 9.59 Å². The summed E-state index contributed by atoms with van der Waals surface area (Å²) in [5.74, 6) is 0.0898. The van der Waals surface area contributed by atoms with Gasteiger partial charge in [0.05, 0.1) is 6.26 Å². The summed E-state index contributed by atoms with van der Waals surface area (Å²) in [4.78, 5) is 23.3. The molecule has 1 aromatic heterocycles. The Morgan fingerprint density at radius 2 is 2.00 bits per heavy atom. The van der Waals surface area contributed by atoms with Crippen molar-refractivity contribution in [2.45, 2.75) is 20.3 Å². The van der Waals surface area contributed by atoms with Crippen LogP contribution in [0.5, 0.6) is 0 Å². The van der Waals surface area contributed by atoms with Gasteiger partial charge in [-0.25, -0.2) is 0 Å². The van der Waals surface area contributed by atoms with E-state index in [1.165, 1.54) is 6.26 Å². The highest BCUT2D eigenvalue weighted by Crippen LogP contribution is 2.07. The summed E-state index contributed by atoms with van der Waals surface area (Å²) in [5.41, 5.74) is 0.816. The lowest BCUT2D eigenvalue weighted by atomic mass is 10.1. The van der Waals surface area contributed by atoms with E-state index in [0.29, 0.717) is 31.8 Å². The van der Waals surface area contributed by atoms with Crippen LogP contribution in [-0.4, -0.2) is 38.5 Å². The molecule has 0 aliphatic rings. The number of carbonyl (C=O) groups is 2. The van der Waals surface area contributed by atoms with Crippen molar-refractivity contribution in [3.63, 3.8) is 0 Å². The van der Waals surface area contributed by atoms with Gasteiger partial charge in [0, 0.05) is 31.1 Å². The summed E-state index contributed by atoms with van der Waals surface area (Å²) in [6, 6.07) is 1.75. The molecule has 2 amide bonds.